The van der Waals surface area contributed by atoms with E-state index in [0.717, 1.165) is 6.07 Å². The number of aliphatic hydroxyl groups is 1. The van der Waals surface area contributed by atoms with E-state index in [-0.39, 0.29) is 31.9 Å². The van der Waals surface area contributed by atoms with Gasteiger partial charge in [-0.15, -0.1) is 0 Å². The van der Waals surface area contributed by atoms with Crippen LogP contribution < -0.4 is 10.5 Å². The third kappa shape index (κ3) is 4.93. The summed E-state index contributed by atoms with van der Waals surface area (Å²) in [5.74, 6) is -1.41. The van der Waals surface area contributed by atoms with Crippen LogP contribution in [0.5, 0.6) is 5.75 Å². The maximum atomic E-state index is 15.2. The van der Waals surface area contributed by atoms with Gasteiger partial charge in [0.1, 0.15) is 35.3 Å². The summed E-state index contributed by atoms with van der Waals surface area (Å²) in [6.45, 7) is -0.0861. The minimum absolute atomic E-state index is 0.0161. The van der Waals surface area contributed by atoms with Crippen molar-refractivity contribution in [2.45, 2.75) is 26.0 Å². The molecule has 1 aromatic heterocycles. The first-order chi connectivity index (χ1) is 16.4. The molecule has 0 bridgehead atoms. The Morgan fingerprint density at radius 1 is 1.03 bits per heavy atom. The lowest BCUT2D eigenvalue weighted by atomic mass is 9.98. The van der Waals surface area contributed by atoms with Crippen molar-refractivity contribution in [3.8, 4) is 16.9 Å². The first-order valence-corrected chi connectivity index (χ1v) is 10.7. The van der Waals surface area contributed by atoms with Crippen LogP contribution in [0.1, 0.15) is 22.5 Å². The zero-order chi connectivity index (χ0) is 24.2. The Hall–Kier alpha value is -3.75. The van der Waals surface area contributed by atoms with Gasteiger partial charge in [0.05, 0.1) is 13.0 Å². The molecule has 0 fully saturated rings. The molecule has 4 aromatic rings. The van der Waals surface area contributed by atoms with E-state index in [1.807, 2.05) is 0 Å². The number of furan rings is 1. The Bertz CT molecular complexity index is 1350. The Balaban J connectivity index is 1.76. The fraction of sp³-hybridized carbons (Fsp3) is 0.192. The lowest BCUT2D eigenvalue weighted by Crippen LogP contribution is -2.05. The molecule has 34 heavy (non-hydrogen) atoms. The maximum absolute atomic E-state index is 15.2. The van der Waals surface area contributed by atoms with Crippen molar-refractivity contribution < 1.29 is 32.9 Å². The fourth-order valence-electron chi connectivity index (χ4n) is 3.86. The number of carboxylic acid groups (broad SMARTS) is 1. The first kappa shape index (κ1) is 23.4. The van der Waals surface area contributed by atoms with Gasteiger partial charge in [0.15, 0.2) is 0 Å². The molecular weight excluding hydrogens is 444 g/mol. The quantitative estimate of drug-likeness (QED) is 0.333. The molecule has 0 aliphatic carbocycles. The third-order valence-corrected chi connectivity index (χ3v) is 5.44. The molecule has 6 nitrogen and oxygen atoms in total. The Morgan fingerprint density at radius 3 is 2.59 bits per heavy atom. The van der Waals surface area contributed by atoms with Crippen molar-refractivity contribution in [1.82, 2.24) is 0 Å². The molecule has 0 aliphatic heterocycles. The summed E-state index contributed by atoms with van der Waals surface area (Å²) in [5, 5.41) is 19.1. The third-order valence-electron chi connectivity index (χ3n) is 5.44. The number of nitrogens with two attached hydrogens (primary N) is 1. The van der Waals surface area contributed by atoms with Crippen LogP contribution >= 0.6 is 0 Å². The zero-order valence-corrected chi connectivity index (χ0v) is 18.2. The van der Waals surface area contributed by atoms with Crippen LogP contribution in [0.3, 0.4) is 0 Å². The number of rotatable bonds is 9. The Labute approximate surface area is 194 Å². The van der Waals surface area contributed by atoms with Crippen LogP contribution in [0.4, 0.5) is 8.78 Å². The average Bonchev–Trinajstić information content (AvgIpc) is 3.21. The topological polar surface area (TPSA) is 106 Å². The highest BCUT2D eigenvalue weighted by Crippen LogP contribution is 2.35. The van der Waals surface area contributed by atoms with Gasteiger partial charge in [0, 0.05) is 46.7 Å². The number of fused-ring (bicyclic) bond motifs is 1. The summed E-state index contributed by atoms with van der Waals surface area (Å²) >= 11 is 0. The predicted molar refractivity (Wildman–Crippen MR) is 122 cm³/mol. The summed E-state index contributed by atoms with van der Waals surface area (Å²) in [6, 6.07) is 13.9. The molecule has 0 saturated heterocycles. The highest BCUT2D eigenvalue weighted by atomic mass is 19.1. The van der Waals surface area contributed by atoms with Gasteiger partial charge in [0.2, 0.25) is 0 Å². The van der Waals surface area contributed by atoms with Crippen LogP contribution in [0.2, 0.25) is 0 Å². The molecule has 0 aliphatic rings. The standard InChI is InChI=1S/C26H23F2NO5/c27-19-5-4-16(11-24(31)32)23(12-19)33-14-15-8-18-10-20(6-7-30)34-26(18)22(9-15)21-3-1-2-17(13-29)25(21)28/h1-5,8-10,12,30H,6-7,11,13-14,29H2,(H,31,32). The van der Waals surface area contributed by atoms with Crippen molar-refractivity contribution in [3.05, 3.63) is 88.7 Å². The lowest BCUT2D eigenvalue weighted by molar-refractivity contribution is -0.136. The van der Waals surface area contributed by atoms with Crippen molar-refractivity contribution in [1.29, 1.82) is 0 Å². The number of aliphatic carboxylic acids is 1. The number of halogens is 2. The number of hydrogen-bond donors (Lipinski definition) is 3. The van der Waals surface area contributed by atoms with E-state index in [2.05, 4.69) is 0 Å². The van der Waals surface area contributed by atoms with E-state index in [9.17, 15) is 14.3 Å². The second kappa shape index (κ2) is 10.0. The number of aliphatic hydroxyl groups excluding tert-OH is 1. The van der Waals surface area contributed by atoms with Crippen LogP contribution in [0.15, 0.2) is 59.0 Å². The van der Waals surface area contributed by atoms with Crippen molar-refractivity contribution in [3.63, 3.8) is 0 Å². The van der Waals surface area contributed by atoms with E-state index in [0.29, 0.717) is 51.0 Å². The number of hydrogen-bond acceptors (Lipinski definition) is 5. The molecule has 0 atom stereocenters. The summed E-state index contributed by atoms with van der Waals surface area (Å²) in [6.07, 6.45) is -0.0175. The monoisotopic (exact) mass is 467 g/mol. The molecule has 4 N–H and O–H groups in total. The van der Waals surface area contributed by atoms with E-state index in [1.54, 1.807) is 36.4 Å². The fourth-order valence-corrected chi connectivity index (χ4v) is 3.86. The second-order valence-corrected chi connectivity index (χ2v) is 7.84. The molecule has 0 unspecified atom stereocenters. The number of carbonyl (C=O) groups is 1. The summed E-state index contributed by atoms with van der Waals surface area (Å²) in [4.78, 5) is 11.1. The van der Waals surface area contributed by atoms with Crippen LogP contribution in [-0.2, 0) is 30.8 Å². The molecule has 3 aromatic carbocycles. The van der Waals surface area contributed by atoms with E-state index >= 15 is 4.39 Å². The maximum Gasteiger partial charge on any atom is 0.307 e. The van der Waals surface area contributed by atoms with Gasteiger partial charge < -0.3 is 25.1 Å². The Kier molecular flexibility index (Phi) is 6.90. The van der Waals surface area contributed by atoms with Gasteiger partial charge in [-0.05, 0) is 29.8 Å². The van der Waals surface area contributed by atoms with Crippen LogP contribution in [0, 0.1) is 11.6 Å². The smallest absolute Gasteiger partial charge is 0.307 e. The lowest BCUT2D eigenvalue weighted by Gasteiger charge is -2.13. The molecular formula is C26H23F2NO5. The summed E-state index contributed by atoms with van der Waals surface area (Å²) in [7, 11) is 0. The van der Waals surface area contributed by atoms with Gasteiger partial charge in [-0.1, -0.05) is 24.3 Å². The SMILES string of the molecule is NCc1cccc(-c2cc(COc3cc(F)ccc3CC(=O)O)cc3cc(CCO)oc23)c1F. The highest BCUT2D eigenvalue weighted by molar-refractivity contribution is 5.94. The summed E-state index contributed by atoms with van der Waals surface area (Å²) in [5.41, 5.74) is 8.25. The van der Waals surface area contributed by atoms with Crippen LogP contribution in [-0.4, -0.2) is 22.8 Å². The van der Waals surface area contributed by atoms with Gasteiger partial charge in [-0.3, -0.25) is 4.79 Å². The van der Waals surface area contributed by atoms with Gasteiger partial charge >= 0.3 is 5.97 Å². The van der Waals surface area contributed by atoms with E-state index in [1.165, 1.54) is 12.1 Å². The molecule has 1 heterocycles. The molecule has 0 saturated carbocycles. The number of benzene rings is 3. The minimum atomic E-state index is -1.06. The van der Waals surface area contributed by atoms with Crippen molar-refractivity contribution in [2.24, 2.45) is 5.73 Å². The molecule has 0 amide bonds. The first-order valence-electron chi connectivity index (χ1n) is 10.7. The molecule has 4 rings (SSSR count). The van der Waals surface area contributed by atoms with Gasteiger partial charge in [-0.2, -0.15) is 0 Å². The second-order valence-electron chi connectivity index (χ2n) is 7.84. The Morgan fingerprint density at radius 2 is 1.85 bits per heavy atom. The van der Waals surface area contributed by atoms with Gasteiger partial charge in [-0.25, -0.2) is 8.78 Å². The number of ether oxygens (including phenoxy) is 1. The van der Waals surface area contributed by atoms with Crippen LogP contribution in [0.25, 0.3) is 22.1 Å². The average molecular weight is 467 g/mol. The number of carboxylic acids is 1. The molecule has 0 spiro atoms. The predicted octanol–water partition coefficient (Wildman–Crippen LogP) is 4.58. The largest absolute Gasteiger partial charge is 0.488 e. The molecule has 0 radical (unpaired) electrons. The normalized spacial score (nSPS) is 11.2. The van der Waals surface area contributed by atoms with Gasteiger partial charge in [0.25, 0.3) is 0 Å². The van der Waals surface area contributed by atoms with Crippen molar-refractivity contribution in [2.75, 3.05) is 6.61 Å². The van der Waals surface area contributed by atoms with Crippen molar-refractivity contribution >= 4 is 16.9 Å². The zero-order valence-electron chi connectivity index (χ0n) is 18.2. The molecule has 176 valence electrons. The highest BCUT2D eigenvalue weighted by Gasteiger charge is 2.18. The molecule has 8 heteroatoms. The van der Waals surface area contributed by atoms with E-state index < -0.39 is 17.6 Å². The van der Waals surface area contributed by atoms with E-state index in [4.69, 9.17) is 20.0 Å². The minimum Gasteiger partial charge on any atom is -0.488 e. The summed E-state index contributed by atoms with van der Waals surface area (Å²) < 4.78 is 40.6.